The van der Waals surface area contributed by atoms with Crippen molar-refractivity contribution in [2.24, 2.45) is 0 Å². The first-order chi connectivity index (χ1) is 5.42. The third-order valence-corrected chi connectivity index (χ3v) is 1.34. The van der Waals surface area contributed by atoms with Crippen molar-refractivity contribution < 1.29 is 0 Å². The van der Waals surface area contributed by atoms with E-state index in [1.807, 2.05) is 0 Å². The maximum atomic E-state index is 4.01. The summed E-state index contributed by atoms with van der Waals surface area (Å²) in [7, 11) is 1.77. The van der Waals surface area contributed by atoms with Crippen molar-refractivity contribution in [2.75, 3.05) is 12.4 Å². The molecular weight excluding hydrogens is 144 g/mol. The topological polar surface area (TPSA) is 68.0 Å². The predicted octanol–water partition coefficient (Wildman–Crippen LogP) is -0.439. The highest BCUT2D eigenvalue weighted by Crippen LogP contribution is 2.01. The Hall–Kier alpha value is -1.72. The van der Waals surface area contributed by atoms with E-state index in [1.54, 1.807) is 19.3 Å². The summed E-state index contributed by atoms with van der Waals surface area (Å²) in [5, 5.41) is 13.8. The van der Waals surface area contributed by atoms with Crippen LogP contribution in [0, 0.1) is 0 Å². The normalized spacial score (nSPS) is 10.3. The number of aromatic nitrogens is 5. The molecular formula is C5H6N6. The summed E-state index contributed by atoms with van der Waals surface area (Å²) in [5.74, 6) is 0.632. The van der Waals surface area contributed by atoms with E-state index in [9.17, 15) is 0 Å². The van der Waals surface area contributed by atoms with Crippen molar-refractivity contribution in [3.05, 3.63) is 12.3 Å². The summed E-state index contributed by atoms with van der Waals surface area (Å²) in [6, 6.07) is 1.74. The van der Waals surface area contributed by atoms with Crippen molar-refractivity contribution in [3.8, 4) is 0 Å². The van der Waals surface area contributed by atoms with Crippen LogP contribution in [0.3, 0.4) is 0 Å². The van der Waals surface area contributed by atoms with Crippen molar-refractivity contribution >= 4 is 11.6 Å². The first-order valence-corrected chi connectivity index (χ1v) is 3.12. The van der Waals surface area contributed by atoms with Crippen LogP contribution in [0.2, 0.25) is 0 Å². The standard InChI is InChI=1S/C5H6N6/c1-6-5-7-3-2-4-8-9-10-11(4)5/h2-3H,1H3,(H,6,7). The summed E-state index contributed by atoms with van der Waals surface area (Å²) in [6.07, 6.45) is 1.65. The molecule has 0 bridgehead atoms. The lowest BCUT2D eigenvalue weighted by molar-refractivity contribution is 0.815. The number of fused-ring (bicyclic) bond motifs is 1. The van der Waals surface area contributed by atoms with Crippen LogP contribution in [0.1, 0.15) is 0 Å². The summed E-state index contributed by atoms with van der Waals surface area (Å²) < 4.78 is 1.53. The number of nitrogens with zero attached hydrogens (tertiary/aromatic N) is 5. The summed E-state index contributed by atoms with van der Waals surface area (Å²) >= 11 is 0. The molecule has 0 radical (unpaired) electrons. The van der Waals surface area contributed by atoms with Gasteiger partial charge in [0.25, 0.3) is 0 Å². The van der Waals surface area contributed by atoms with Gasteiger partial charge in [-0.25, -0.2) is 4.98 Å². The zero-order valence-electron chi connectivity index (χ0n) is 5.89. The number of hydrogen-bond donors (Lipinski definition) is 1. The lowest BCUT2D eigenvalue weighted by Crippen LogP contribution is -2.01. The van der Waals surface area contributed by atoms with E-state index in [4.69, 9.17) is 0 Å². The number of tetrazole rings is 1. The number of anilines is 1. The molecule has 0 fully saturated rings. The average Bonchev–Trinajstić information content (AvgIpc) is 2.50. The molecule has 2 rings (SSSR count). The second-order valence-electron chi connectivity index (χ2n) is 1.97. The Bertz CT molecular complexity index is 366. The van der Waals surface area contributed by atoms with Crippen LogP contribution in [-0.4, -0.2) is 32.1 Å². The van der Waals surface area contributed by atoms with Crippen LogP contribution < -0.4 is 5.32 Å². The average molecular weight is 150 g/mol. The largest absolute Gasteiger partial charge is 0.357 e. The Kier molecular flexibility index (Phi) is 1.18. The molecule has 0 spiro atoms. The quantitative estimate of drug-likeness (QED) is 0.597. The highest BCUT2D eigenvalue weighted by Gasteiger charge is 1.99. The van der Waals surface area contributed by atoms with Crippen LogP contribution in [0.5, 0.6) is 0 Å². The van der Waals surface area contributed by atoms with Gasteiger partial charge in [0.1, 0.15) is 0 Å². The highest BCUT2D eigenvalue weighted by molar-refractivity contribution is 5.40. The first kappa shape index (κ1) is 6.02. The zero-order valence-corrected chi connectivity index (χ0v) is 5.89. The number of hydrogen-bond acceptors (Lipinski definition) is 5. The molecule has 0 aliphatic heterocycles. The monoisotopic (exact) mass is 150 g/mol. The van der Waals surface area contributed by atoms with Gasteiger partial charge in [-0.1, -0.05) is 0 Å². The van der Waals surface area contributed by atoms with Gasteiger partial charge in [-0.15, -0.1) is 5.10 Å². The predicted molar refractivity (Wildman–Crippen MR) is 38.1 cm³/mol. The lowest BCUT2D eigenvalue weighted by Gasteiger charge is -1.97. The Balaban J connectivity index is 2.79. The van der Waals surface area contributed by atoms with Gasteiger partial charge < -0.3 is 5.32 Å². The molecule has 2 heterocycles. The molecule has 6 nitrogen and oxygen atoms in total. The molecule has 0 saturated carbocycles. The molecule has 56 valence electrons. The fourth-order valence-electron chi connectivity index (χ4n) is 0.848. The van der Waals surface area contributed by atoms with Crippen LogP contribution >= 0.6 is 0 Å². The summed E-state index contributed by atoms with van der Waals surface area (Å²) in [4.78, 5) is 4.01. The van der Waals surface area contributed by atoms with Gasteiger partial charge in [0, 0.05) is 19.3 Å². The van der Waals surface area contributed by atoms with Gasteiger partial charge in [0.2, 0.25) is 5.95 Å². The molecule has 0 saturated heterocycles. The van der Waals surface area contributed by atoms with E-state index >= 15 is 0 Å². The molecule has 0 atom stereocenters. The van der Waals surface area contributed by atoms with E-state index in [0.29, 0.717) is 11.6 Å². The minimum atomic E-state index is 0.632. The van der Waals surface area contributed by atoms with E-state index in [2.05, 4.69) is 25.8 Å². The SMILES string of the molecule is CNc1nccc2nnnn12. The van der Waals surface area contributed by atoms with Crippen LogP contribution in [0.15, 0.2) is 12.3 Å². The van der Waals surface area contributed by atoms with Gasteiger partial charge >= 0.3 is 0 Å². The Morgan fingerprint density at radius 1 is 1.55 bits per heavy atom. The van der Waals surface area contributed by atoms with Gasteiger partial charge in [-0.3, -0.25) is 0 Å². The van der Waals surface area contributed by atoms with Gasteiger partial charge in [0.15, 0.2) is 5.65 Å². The van der Waals surface area contributed by atoms with Gasteiger partial charge in [0.05, 0.1) is 0 Å². The lowest BCUT2D eigenvalue weighted by atomic mass is 10.6. The maximum Gasteiger partial charge on any atom is 0.227 e. The Labute approximate surface area is 62.2 Å². The molecule has 0 unspecified atom stereocenters. The second-order valence-corrected chi connectivity index (χ2v) is 1.97. The van der Waals surface area contributed by atoms with Crippen molar-refractivity contribution in [1.82, 2.24) is 25.0 Å². The van der Waals surface area contributed by atoms with Crippen molar-refractivity contribution in [1.29, 1.82) is 0 Å². The molecule has 0 aliphatic rings. The third-order valence-electron chi connectivity index (χ3n) is 1.34. The molecule has 0 aromatic carbocycles. The van der Waals surface area contributed by atoms with Gasteiger partial charge in [-0.05, 0) is 10.4 Å². The molecule has 1 N–H and O–H groups in total. The van der Waals surface area contributed by atoms with E-state index in [0.717, 1.165) is 0 Å². The zero-order chi connectivity index (χ0) is 7.68. The molecule has 2 aromatic rings. The van der Waals surface area contributed by atoms with E-state index in [-0.39, 0.29) is 0 Å². The molecule has 0 amide bonds. The smallest absolute Gasteiger partial charge is 0.227 e. The first-order valence-electron chi connectivity index (χ1n) is 3.12. The Morgan fingerprint density at radius 3 is 3.27 bits per heavy atom. The molecule has 0 aliphatic carbocycles. The van der Waals surface area contributed by atoms with Crippen molar-refractivity contribution in [3.63, 3.8) is 0 Å². The van der Waals surface area contributed by atoms with E-state index < -0.39 is 0 Å². The minimum Gasteiger partial charge on any atom is -0.357 e. The van der Waals surface area contributed by atoms with Crippen molar-refractivity contribution in [2.45, 2.75) is 0 Å². The maximum absolute atomic E-state index is 4.01. The Morgan fingerprint density at radius 2 is 2.45 bits per heavy atom. The van der Waals surface area contributed by atoms with E-state index in [1.165, 1.54) is 4.52 Å². The molecule has 11 heavy (non-hydrogen) atoms. The minimum absolute atomic E-state index is 0.632. The fraction of sp³-hybridized carbons (Fsp3) is 0.200. The third kappa shape index (κ3) is 0.794. The molecule has 6 heteroatoms. The van der Waals surface area contributed by atoms with Gasteiger partial charge in [-0.2, -0.15) is 4.52 Å². The number of rotatable bonds is 1. The highest BCUT2D eigenvalue weighted by atomic mass is 15.5. The summed E-state index contributed by atoms with van der Waals surface area (Å²) in [6.45, 7) is 0. The van der Waals surface area contributed by atoms with Crippen LogP contribution in [0.4, 0.5) is 5.95 Å². The van der Waals surface area contributed by atoms with Crippen LogP contribution in [0.25, 0.3) is 5.65 Å². The molecule has 2 aromatic heterocycles. The summed E-state index contributed by atoms with van der Waals surface area (Å²) in [5.41, 5.74) is 0.685. The van der Waals surface area contributed by atoms with Crippen LogP contribution in [-0.2, 0) is 0 Å². The number of nitrogens with one attached hydrogen (secondary N) is 1. The fourth-order valence-corrected chi connectivity index (χ4v) is 0.848. The second kappa shape index (κ2) is 2.15.